The van der Waals surface area contributed by atoms with Gasteiger partial charge in [-0.15, -0.1) is 11.8 Å². The molecule has 2 aliphatic rings. The molecular formula is C16H14N2O7S. The fraction of sp³-hybridized carbons (Fsp3) is 0.250. The van der Waals surface area contributed by atoms with E-state index in [1.54, 1.807) is 0 Å². The first-order valence-corrected chi connectivity index (χ1v) is 8.55. The van der Waals surface area contributed by atoms with Crippen LogP contribution < -0.4 is 5.32 Å². The molecule has 3 rings (SSSR count). The van der Waals surface area contributed by atoms with Gasteiger partial charge in [0.25, 0.3) is 11.8 Å². The zero-order valence-electron chi connectivity index (χ0n) is 13.2. The first kappa shape index (κ1) is 18.0. The molecule has 26 heavy (non-hydrogen) atoms. The summed E-state index contributed by atoms with van der Waals surface area (Å²) in [5.41, 5.74) is 0.230. The Morgan fingerprint density at radius 2 is 1.73 bits per heavy atom. The van der Waals surface area contributed by atoms with Crippen LogP contribution in [-0.2, 0) is 9.59 Å². The Hall–Kier alpha value is -2.85. The number of amides is 2. The van der Waals surface area contributed by atoms with Crippen LogP contribution in [-0.4, -0.2) is 67.7 Å². The van der Waals surface area contributed by atoms with Gasteiger partial charge in [-0.2, -0.15) is 0 Å². The smallest absolute Gasteiger partial charge is 0.352 e. The topological polar surface area (TPSA) is 144 Å². The lowest BCUT2D eigenvalue weighted by atomic mass is 10.0. The van der Waals surface area contributed by atoms with Gasteiger partial charge < -0.3 is 20.6 Å². The number of aromatic carboxylic acids is 1. The lowest BCUT2D eigenvalue weighted by Crippen LogP contribution is -2.70. The lowest BCUT2D eigenvalue weighted by molar-refractivity contribution is -0.148. The van der Waals surface area contributed by atoms with Crippen LogP contribution in [0.5, 0.6) is 0 Å². The maximum Gasteiger partial charge on any atom is 0.352 e. The lowest BCUT2D eigenvalue weighted by Gasteiger charge is -2.49. The van der Waals surface area contributed by atoms with Crippen molar-refractivity contribution in [1.82, 2.24) is 10.2 Å². The number of benzene rings is 1. The summed E-state index contributed by atoms with van der Waals surface area (Å²) in [6.45, 7) is -0.460. The van der Waals surface area contributed by atoms with Crippen molar-refractivity contribution < 1.29 is 34.5 Å². The Kier molecular flexibility index (Phi) is 4.70. The second-order valence-corrected chi connectivity index (χ2v) is 6.76. The third-order valence-corrected chi connectivity index (χ3v) is 5.46. The van der Waals surface area contributed by atoms with E-state index in [2.05, 4.69) is 5.32 Å². The van der Waals surface area contributed by atoms with Crippen molar-refractivity contribution in [2.45, 2.75) is 11.4 Å². The summed E-state index contributed by atoms with van der Waals surface area (Å²) in [5.74, 6) is -3.31. The van der Waals surface area contributed by atoms with Crippen molar-refractivity contribution in [2.24, 2.45) is 0 Å². The van der Waals surface area contributed by atoms with Crippen molar-refractivity contribution in [3.05, 3.63) is 46.7 Å². The summed E-state index contributed by atoms with van der Waals surface area (Å²) in [4.78, 5) is 47.9. The van der Waals surface area contributed by atoms with Gasteiger partial charge in [0.05, 0.1) is 12.2 Å². The highest BCUT2D eigenvalue weighted by atomic mass is 32.2. The number of rotatable bonds is 5. The molecule has 0 radical (unpaired) electrons. The van der Waals surface area contributed by atoms with E-state index in [0.29, 0.717) is 0 Å². The number of carboxylic acid groups (broad SMARTS) is 2. The van der Waals surface area contributed by atoms with E-state index in [9.17, 15) is 29.4 Å². The molecule has 0 bridgehead atoms. The van der Waals surface area contributed by atoms with Crippen molar-refractivity contribution in [1.29, 1.82) is 0 Å². The van der Waals surface area contributed by atoms with Crippen LogP contribution in [0.1, 0.15) is 20.7 Å². The molecule has 2 aliphatic heterocycles. The molecular weight excluding hydrogens is 364 g/mol. The number of hydrogen-bond acceptors (Lipinski definition) is 6. The van der Waals surface area contributed by atoms with Crippen molar-refractivity contribution in [2.75, 3.05) is 12.4 Å². The molecule has 0 aromatic heterocycles. The van der Waals surface area contributed by atoms with Crippen LogP contribution in [0.3, 0.4) is 0 Å². The second-order valence-electron chi connectivity index (χ2n) is 5.66. The summed E-state index contributed by atoms with van der Waals surface area (Å²) in [7, 11) is 0. The first-order chi connectivity index (χ1) is 12.3. The van der Waals surface area contributed by atoms with Gasteiger partial charge in [0.15, 0.2) is 0 Å². The number of aliphatic hydroxyl groups excluding tert-OH is 1. The SMILES string of the molecule is O=C(O)C1=C(CO)CS[C@H]2[C@@H](NC(=O)c3ccc(C(=O)O)cc3)C(=O)N12. The van der Waals surface area contributed by atoms with E-state index in [1.165, 1.54) is 36.0 Å². The quantitative estimate of drug-likeness (QED) is 0.513. The Morgan fingerprint density at radius 1 is 1.12 bits per heavy atom. The van der Waals surface area contributed by atoms with Crippen LogP contribution in [0.25, 0.3) is 0 Å². The molecule has 10 heteroatoms. The number of aliphatic hydroxyl groups is 1. The van der Waals surface area contributed by atoms with Crippen LogP contribution in [0, 0.1) is 0 Å². The normalized spacial score (nSPS) is 21.7. The van der Waals surface area contributed by atoms with Crippen molar-refractivity contribution in [3.63, 3.8) is 0 Å². The predicted molar refractivity (Wildman–Crippen MR) is 89.5 cm³/mol. The van der Waals surface area contributed by atoms with Gasteiger partial charge in [-0.1, -0.05) is 0 Å². The zero-order chi connectivity index (χ0) is 19.0. The number of carbonyl (C=O) groups excluding carboxylic acids is 2. The summed E-state index contributed by atoms with van der Waals surface area (Å²) < 4.78 is 0. The number of nitrogens with zero attached hydrogens (tertiary/aromatic N) is 1. The summed E-state index contributed by atoms with van der Waals surface area (Å²) >= 11 is 1.25. The minimum Gasteiger partial charge on any atom is -0.478 e. The van der Waals surface area contributed by atoms with E-state index in [-0.39, 0.29) is 28.1 Å². The third-order valence-electron chi connectivity index (χ3n) is 4.12. The van der Waals surface area contributed by atoms with Gasteiger partial charge in [0, 0.05) is 11.3 Å². The molecule has 136 valence electrons. The number of thioether (sulfide) groups is 1. The molecule has 0 unspecified atom stereocenters. The van der Waals surface area contributed by atoms with Gasteiger partial charge in [-0.3, -0.25) is 14.5 Å². The molecule has 1 saturated heterocycles. The fourth-order valence-corrected chi connectivity index (χ4v) is 4.13. The number of nitrogens with one attached hydrogen (secondary N) is 1. The highest BCUT2D eigenvalue weighted by Gasteiger charge is 2.54. The number of fused-ring (bicyclic) bond motifs is 1. The molecule has 0 saturated carbocycles. The molecule has 9 nitrogen and oxygen atoms in total. The summed E-state index contributed by atoms with van der Waals surface area (Å²) in [5, 5.41) is 29.4. The van der Waals surface area contributed by atoms with Crippen molar-refractivity contribution in [3.8, 4) is 0 Å². The van der Waals surface area contributed by atoms with Gasteiger partial charge in [-0.05, 0) is 29.8 Å². The number of hydrogen-bond donors (Lipinski definition) is 4. The predicted octanol–water partition coefficient (Wildman–Crippen LogP) is -0.271. The second kappa shape index (κ2) is 6.81. The molecule has 1 aromatic carbocycles. The zero-order valence-corrected chi connectivity index (χ0v) is 14.0. The molecule has 0 aliphatic carbocycles. The number of β-lactam (4-membered cyclic amide) rings is 1. The number of carbonyl (C=O) groups is 4. The van der Waals surface area contributed by atoms with E-state index in [1.807, 2.05) is 0 Å². The minimum absolute atomic E-state index is 0.0306. The first-order valence-electron chi connectivity index (χ1n) is 7.50. The van der Waals surface area contributed by atoms with Gasteiger partial charge in [0.1, 0.15) is 17.1 Å². The van der Waals surface area contributed by atoms with E-state index in [0.717, 1.165) is 4.90 Å². The van der Waals surface area contributed by atoms with E-state index in [4.69, 9.17) is 5.11 Å². The highest BCUT2D eigenvalue weighted by Crippen LogP contribution is 2.40. The highest BCUT2D eigenvalue weighted by molar-refractivity contribution is 8.00. The van der Waals surface area contributed by atoms with Crippen LogP contribution in [0.4, 0.5) is 0 Å². The van der Waals surface area contributed by atoms with Crippen LogP contribution >= 0.6 is 11.8 Å². The summed E-state index contributed by atoms with van der Waals surface area (Å²) in [6, 6.07) is 4.34. The van der Waals surface area contributed by atoms with Crippen LogP contribution in [0.15, 0.2) is 35.5 Å². The largest absolute Gasteiger partial charge is 0.478 e. The summed E-state index contributed by atoms with van der Waals surface area (Å²) in [6.07, 6.45) is 0. The molecule has 2 amide bonds. The molecule has 4 N–H and O–H groups in total. The molecule has 1 aromatic rings. The Morgan fingerprint density at radius 3 is 2.27 bits per heavy atom. The fourth-order valence-electron chi connectivity index (χ4n) is 2.79. The number of aliphatic carboxylic acids is 1. The Labute approximate surface area is 151 Å². The van der Waals surface area contributed by atoms with E-state index < -0.39 is 41.8 Å². The maximum absolute atomic E-state index is 12.3. The third kappa shape index (κ3) is 2.93. The molecule has 2 atom stereocenters. The maximum atomic E-state index is 12.3. The van der Waals surface area contributed by atoms with Crippen molar-refractivity contribution >= 4 is 35.5 Å². The van der Waals surface area contributed by atoms with Crippen LogP contribution in [0.2, 0.25) is 0 Å². The molecule has 1 fully saturated rings. The molecule has 2 heterocycles. The Balaban J connectivity index is 1.74. The average molecular weight is 378 g/mol. The number of carboxylic acids is 2. The van der Waals surface area contributed by atoms with Gasteiger partial charge in [0.2, 0.25) is 0 Å². The van der Waals surface area contributed by atoms with E-state index >= 15 is 0 Å². The van der Waals surface area contributed by atoms with Gasteiger partial charge >= 0.3 is 11.9 Å². The average Bonchev–Trinajstić information content (AvgIpc) is 2.64. The standard InChI is InChI=1S/C16H14N2O7S/c19-5-9-6-26-14-10(13(21)18(14)11(9)16(24)25)17-12(20)7-1-3-8(4-2-7)15(22)23/h1-4,10,14,19H,5-6H2,(H,17,20)(H,22,23)(H,24,25)/t10-,14-/m0/s1. The molecule has 0 spiro atoms. The van der Waals surface area contributed by atoms with Gasteiger partial charge in [-0.25, -0.2) is 9.59 Å². The Bertz CT molecular complexity index is 834. The monoisotopic (exact) mass is 378 g/mol. The minimum atomic E-state index is -1.30.